The normalized spacial score (nSPS) is 13.8. The third-order valence-electron chi connectivity index (χ3n) is 7.14. The van der Waals surface area contributed by atoms with Crippen LogP contribution in [0.15, 0.2) is 117 Å². The van der Waals surface area contributed by atoms with Gasteiger partial charge in [0.1, 0.15) is 25.1 Å². The summed E-state index contributed by atoms with van der Waals surface area (Å²) in [5.74, 6) is 0. The average Bonchev–Trinajstić information content (AvgIpc) is 3.01. The predicted molar refractivity (Wildman–Crippen MR) is 190 cm³/mol. The van der Waals surface area contributed by atoms with Gasteiger partial charge in [-0.15, -0.1) is 0 Å². The molecule has 262 valence electrons. The average molecular weight is 785 g/mol. The van der Waals surface area contributed by atoms with Crippen LogP contribution in [0.2, 0.25) is 0 Å². The maximum atomic E-state index is 11.8. The van der Waals surface area contributed by atoms with Crippen molar-refractivity contribution in [3.8, 4) is 0 Å². The molecule has 0 unspecified atom stereocenters. The van der Waals surface area contributed by atoms with Gasteiger partial charge in [0, 0.05) is 28.4 Å². The zero-order valence-electron chi connectivity index (χ0n) is 28.0. The second-order valence-corrected chi connectivity index (χ2v) is 14.9. The van der Waals surface area contributed by atoms with E-state index in [9.17, 15) is 38.9 Å². The number of benzene rings is 4. The van der Waals surface area contributed by atoms with Gasteiger partial charge in [-0.3, -0.25) is 9.96 Å². The predicted octanol–water partition coefficient (Wildman–Crippen LogP) is -2.27. The number of rotatable bonds is 7. The fraction of sp³-hybridized carbons (Fsp3) is 0.0312. The van der Waals surface area contributed by atoms with E-state index < -0.39 is 50.8 Å². The number of hydrogen-bond donors (Lipinski definition) is 7. The van der Waals surface area contributed by atoms with Crippen LogP contribution < -0.4 is 87.4 Å². The van der Waals surface area contributed by atoms with Gasteiger partial charge in [-0.2, -0.15) is 8.42 Å². The summed E-state index contributed by atoms with van der Waals surface area (Å²) < 4.78 is 104. The van der Waals surface area contributed by atoms with Crippen molar-refractivity contribution in [2.75, 3.05) is 28.3 Å². The zero-order valence-corrected chi connectivity index (χ0v) is 34.4. The van der Waals surface area contributed by atoms with Crippen LogP contribution in [0.4, 0.5) is 34.1 Å². The number of nitrogens with two attached hydrogens (primary N) is 4. The number of hydrogen-bond acceptors (Lipinski definition) is 14. The Kier molecular flexibility index (Phi) is 15.1. The molecule has 20 heteroatoms. The Bertz CT molecular complexity index is 2390. The van der Waals surface area contributed by atoms with Gasteiger partial charge >= 0.3 is 59.1 Å². The number of anilines is 6. The van der Waals surface area contributed by atoms with Crippen molar-refractivity contribution in [3.63, 3.8) is 0 Å². The molecule has 0 amide bonds. The first-order valence-corrected chi connectivity index (χ1v) is 18.3. The number of nitrogen functional groups attached to an aromatic ring is 4. The summed E-state index contributed by atoms with van der Waals surface area (Å²) in [5.41, 5.74) is 24.8. The Balaban J connectivity index is 0.000000461. The summed E-state index contributed by atoms with van der Waals surface area (Å²) in [7, 11) is -15.0. The molecule has 1 aliphatic carbocycles. The second kappa shape index (κ2) is 17.5. The van der Waals surface area contributed by atoms with Crippen LogP contribution in [-0.4, -0.2) is 44.6 Å². The van der Waals surface area contributed by atoms with Gasteiger partial charge in [-0.25, -0.2) is 16.8 Å². The monoisotopic (exact) mass is 784 g/mol. The molecule has 5 rings (SSSR count). The van der Waals surface area contributed by atoms with Gasteiger partial charge in [-0.05, 0) is 120 Å². The van der Waals surface area contributed by atoms with Crippen LogP contribution in [0.5, 0.6) is 0 Å². The molecule has 0 radical (unpaired) electrons. The maximum Gasteiger partial charge on any atom is 1.00 e. The van der Waals surface area contributed by atoms with Crippen molar-refractivity contribution >= 4 is 75.8 Å². The van der Waals surface area contributed by atoms with Crippen molar-refractivity contribution in [1.29, 1.82) is 5.41 Å². The largest absolute Gasteiger partial charge is 1.00 e. The van der Waals surface area contributed by atoms with Crippen molar-refractivity contribution < 1.29 is 98.0 Å². The molecule has 0 aromatic heterocycles. The first-order chi connectivity index (χ1) is 23.1. The molecule has 52 heavy (non-hydrogen) atoms. The molecule has 0 fully saturated rings. The molecule has 1 aliphatic rings. The van der Waals surface area contributed by atoms with Crippen molar-refractivity contribution in [2.45, 2.75) is 16.7 Å². The van der Waals surface area contributed by atoms with Gasteiger partial charge < -0.3 is 37.4 Å². The molecular weight excluding hydrogens is 755 g/mol. The van der Waals surface area contributed by atoms with Gasteiger partial charge in [0.05, 0.1) is 21.2 Å². The Labute approximate surface area is 345 Å². The van der Waals surface area contributed by atoms with Crippen molar-refractivity contribution in [2.24, 2.45) is 0 Å². The molecule has 0 aliphatic heterocycles. The minimum Gasteiger partial charge on any atom is -0.744 e. The molecule has 11 N–H and O–H groups in total. The fourth-order valence-corrected chi connectivity index (χ4v) is 6.67. The van der Waals surface area contributed by atoms with Gasteiger partial charge in [-0.1, -0.05) is 12.1 Å². The molecule has 4 aromatic rings. The zero-order chi connectivity index (χ0) is 37.2. The minimum atomic E-state index is -5.07. The molecule has 4 aromatic carbocycles. The summed E-state index contributed by atoms with van der Waals surface area (Å²) in [4.78, 5) is -2.39. The van der Waals surface area contributed by atoms with E-state index >= 15 is 0 Å². The van der Waals surface area contributed by atoms with E-state index in [4.69, 9.17) is 28.3 Å². The summed E-state index contributed by atoms with van der Waals surface area (Å²) >= 11 is 0. The number of aryl methyl sites for hydroxylation is 1. The van der Waals surface area contributed by atoms with Crippen LogP contribution in [0, 0.1) is 12.3 Å². The van der Waals surface area contributed by atoms with E-state index in [0.29, 0.717) is 0 Å². The molecule has 15 nitrogen and oxygen atoms in total. The Hall–Kier alpha value is -3.50. The summed E-state index contributed by atoms with van der Waals surface area (Å²) in [6.07, 6.45) is 3.16. The third kappa shape index (κ3) is 11.3. The summed E-state index contributed by atoms with van der Waals surface area (Å²) in [6.45, 7) is 1.40. The number of allylic oxidation sites excluding steroid dienone is 5. The smallest absolute Gasteiger partial charge is 0.744 e. The molecule has 0 spiro atoms. The van der Waals surface area contributed by atoms with E-state index in [1.165, 1.54) is 25.1 Å². The first kappa shape index (κ1) is 44.7. The molecule has 0 bridgehead atoms. The first-order valence-electron chi connectivity index (χ1n) is 14.1. The molecule has 0 atom stereocenters. The molecule has 0 saturated carbocycles. The van der Waals surface area contributed by atoms with E-state index in [1.807, 2.05) is 48.5 Å². The van der Waals surface area contributed by atoms with Gasteiger partial charge in [0.2, 0.25) is 0 Å². The molecular formula is C32H30N6Na2O9S3. The van der Waals surface area contributed by atoms with Crippen molar-refractivity contribution in [1.82, 2.24) is 0 Å². The van der Waals surface area contributed by atoms with Gasteiger partial charge in [0.25, 0.3) is 10.1 Å². The van der Waals surface area contributed by atoms with Crippen molar-refractivity contribution in [3.05, 3.63) is 124 Å². The third-order valence-corrected chi connectivity index (χ3v) is 9.80. The van der Waals surface area contributed by atoms with E-state index in [2.05, 4.69) is 5.32 Å². The second-order valence-electron chi connectivity index (χ2n) is 10.8. The molecule has 0 heterocycles. The summed E-state index contributed by atoms with van der Waals surface area (Å²) in [6, 6.07) is 20.7. The topological polar surface area (TPSA) is 309 Å². The van der Waals surface area contributed by atoms with Gasteiger partial charge in [0.15, 0.2) is 0 Å². The quantitative estimate of drug-likeness (QED) is 0.0591. The molecule has 0 saturated heterocycles. The number of nitrogens with one attached hydrogen (secondary N) is 2. The van der Waals surface area contributed by atoms with Crippen LogP contribution in [-0.2, 0) is 30.4 Å². The SMILES string of the molecule is Cc1cc(/C(=C2/C=CC(=N)C(S(=O)(=O)O)=C2)c2ccc(N)c(S(=O)(=O)[O-])c2)cc(S(=O)(=O)[O-])c1N.Nc1ccc(Nc2ccc(N)cc2)cc1.[Na+].[Na+]. The Morgan fingerprint density at radius 2 is 1.17 bits per heavy atom. The van der Waals surface area contributed by atoms with E-state index in [-0.39, 0.29) is 98.3 Å². The minimum absolute atomic E-state index is 0. The van der Waals surface area contributed by atoms with Crippen LogP contribution in [0.25, 0.3) is 5.57 Å². The Morgan fingerprint density at radius 1 is 0.692 bits per heavy atom. The fourth-order valence-electron chi connectivity index (χ4n) is 4.71. The van der Waals surface area contributed by atoms with E-state index in [1.54, 1.807) is 0 Å². The standard InChI is InChI=1S/C20H19N3O9S3.C12H13N3.2Na/c1-10-6-13(9-18(20(10)23)35(30,31)32)19(11-2-4-14(21)16(7-11)33(24,25)26)12-3-5-15(22)17(8-12)34(27,28)29;13-9-1-5-11(6-2-9)15-12-7-3-10(14)4-8-12;;/h2-9,21H,22-23H2,1H3,(H,24,25,26)(H,27,28,29)(H,30,31,32);1-8,15H,13-14H2;;/q;;2*+1/p-2/b19-11-,21-14?;;;. The Morgan fingerprint density at radius 3 is 1.63 bits per heavy atom. The van der Waals surface area contributed by atoms with Crippen LogP contribution >= 0.6 is 0 Å². The van der Waals surface area contributed by atoms with E-state index in [0.717, 1.165) is 53.1 Å². The summed E-state index contributed by atoms with van der Waals surface area (Å²) in [5, 5.41) is 11.0. The maximum absolute atomic E-state index is 11.8. The van der Waals surface area contributed by atoms with Crippen LogP contribution in [0.3, 0.4) is 0 Å². The van der Waals surface area contributed by atoms with Crippen LogP contribution in [0.1, 0.15) is 16.7 Å².